The highest BCUT2D eigenvalue weighted by molar-refractivity contribution is 5.78. The average Bonchev–Trinajstić information content (AvgIpc) is 2.64. The topological polar surface area (TPSA) is 38.8 Å². The van der Waals surface area contributed by atoms with Gasteiger partial charge in [-0.05, 0) is 48.9 Å². The number of hydrogen-bond acceptors (Lipinski definition) is 3. The summed E-state index contributed by atoms with van der Waals surface area (Å²) >= 11 is 0. The first kappa shape index (κ1) is 18.3. The summed E-state index contributed by atoms with van der Waals surface area (Å²) in [5.74, 6) is -0.325. The molecule has 0 bridgehead atoms. The van der Waals surface area contributed by atoms with Crippen LogP contribution in [0.15, 0.2) is 48.5 Å². The molecule has 0 aliphatic carbocycles. The molecular formula is C20H21F2NO3. The number of amides is 1. The van der Waals surface area contributed by atoms with Gasteiger partial charge in [0.1, 0.15) is 17.4 Å². The summed E-state index contributed by atoms with van der Waals surface area (Å²) in [6.45, 7) is 2.70. The van der Waals surface area contributed by atoms with Gasteiger partial charge in [-0.3, -0.25) is 4.79 Å². The highest BCUT2D eigenvalue weighted by Crippen LogP contribution is 2.17. The van der Waals surface area contributed by atoms with Crippen LogP contribution in [0.5, 0.6) is 5.75 Å². The molecule has 0 saturated carbocycles. The van der Waals surface area contributed by atoms with Crippen molar-refractivity contribution in [3.63, 3.8) is 0 Å². The van der Waals surface area contributed by atoms with E-state index in [2.05, 4.69) is 0 Å². The molecule has 1 fully saturated rings. The van der Waals surface area contributed by atoms with Gasteiger partial charge >= 0.3 is 0 Å². The number of nitrogens with zero attached hydrogens (tertiary/aromatic N) is 1. The smallest absolute Gasteiger partial charge is 0.260 e. The summed E-state index contributed by atoms with van der Waals surface area (Å²) in [6.07, 6.45) is 0.460. The molecule has 1 aliphatic rings. The number of benzene rings is 2. The second kappa shape index (κ2) is 8.27. The van der Waals surface area contributed by atoms with Gasteiger partial charge in [0.2, 0.25) is 0 Å². The molecule has 0 unspecified atom stereocenters. The third kappa shape index (κ3) is 4.79. The van der Waals surface area contributed by atoms with Gasteiger partial charge in [0, 0.05) is 13.0 Å². The number of ether oxygens (including phenoxy) is 2. The molecule has 6 heteroatoms. The molecule has 26 heavy (non-hydrogen) atoms. The number of morpholine rings is 1. The van der Waals surface area contributed by atoms with Crippen molar-refractivity contribution in [2.75, 3.05) is 19.8 Å². The number of halogens is 2. The van der Waals surface area contributed by atoms with Crippen LogP contribution in [0.1, 0.15) is 12.5 Å². The minimum absolute atomic E-state index is 0.0521. The normalized spacial score (nSPS) is 20.0. The van der Waals surface area contributed by atoms with Crippen LogP contribution in [0.25, 0.3) is 0 Å². The Morgan fingerprint density at radius 1 is 1.12 bits per heavy atom. The first-order valence-electron chi connectivity index (χ1n) is 8.55. The predicted octanol–water partition coefficient (Wildman–Crippen LogP) is 3.20. The molecule has 3 rings (SSSR count). The van der Waals surface area contributed by atoms with Gasteiger partial charge in [0.15, 0.2) is 6.61 Å². The molecule has 1 heterocycles. The van der Waals surface area contributed by atoms with Gasteiger partial charge in [-0.15, -0.1) is 0 Å². The predicted molar refractivity (Wildman–Crippen MR) is 92.9 cm³/mol. The summed E-state index contributed by atoms with van der Waals surface area (Å²) in [5.41, 5.74) is 0.959. The summed E-state index contributed by atoms with van der Waals surface area (Å²) in [6, 6.07) is 11.8. The SMILES string of the molecule is C[C@H]1CO[C@H](Cc2ccc(F)cc2)CN1C(=O)COc1ccc(F)cc1. The van der Waals surface area contributed by atoms with Crippen LogP contribution in [0.4, 0.5) is 8.78 Å². The lowest BCUT2D eigenvalue weighted by molar-refractivity contribution is -0.146. The third-order valence-electron chi connectivity index (χ3n) is 4.38. The zero-order chi connectivity index (χ0) is 18.5. The van der Waals surface area contributed by atoms with Gasteiger partial charge in [-0.25, -0.2) is 8.78 Å². The maximum atomic E-state index is 13.0. The number of rotatable bonds is 5. The van der Waals surface area contributed by atoms with Crippen LogP contribution in [-0.2, 0) is 16.0 Å². The van der Waals surface area contributed by atoms with E-state index in [0.717, 1.165) is 5.56 Å². The molecule has 2 atom stereocenters. The van der Waals surface area contributed by atoms with Gasteiger partial charge in [0.05, 0.1) is 18.8 Å². The third-order valence-corrected chi connectivity index (χ3v) is 4.38. The lowest BCUT2D eigenvalue weighted by atomic mass is 10.1. The Balaban J connectivity index is 1.55. The Bertz CT molecular complexity index is 734. The molecule has 1 amide bonds. The molecule has 1 saturated heterocycles. The van der Waals surface area contributed by atoms with Crippen molar-refractivity contribution in [1.82, 2.24) is 4.90 Å². The second-order valence-electron chi connectivity index (χ2n) is 6.42. The highest BCUT2D eigenvalue weighted by atomic mass is 19.1. The van der Waals surface area contributed by atoms with Crippen LogP contribution in [0.2, 0.25) is 0 Å². The second-order valence-corrected chi connectivity index (χ2v) is 6.42. The van der Waals surface area contributed by atoms with E-state index < -0.39 is 0 Å². The van der Waals surface area contributed by atoms with E-state index in [-0.39, 0.29) is 36.3 Å². The highest BCUT2D eigenvalue weighted by Gasteiger charge is 2.29. The minimum atomic E-state index is -0.353. The molecule has 0 N–H and O–H groups in total. The fourth-order valence-corrected chi connectivity index (χ4v) is 2.93. The van der Waals surface area contributed by atoms with Gasteiger partial charge in [-0.1, -0.05) is 12.1 Å². The molecular weight excluding hydrogens is 340 g/mol. The van der Waals surface area contributed by atoms with E-state index in [0.29, 0.717) is 25.3 Å². The number of carbonyl (C=O) groups is 1. The molecule has 2 aromatic carbocycles. The maximum Gasteiger partial charge on any atom is 0.260 e. The lowest BCUT2D eigenvalue weighted by Gasteiger charge is -2.38. The van der Waals surface area contributed by atoms with Crippen LogP contribution >= 0.6 is 0 Å². The van der Waals surface area contributed by atoms with Crippen LogP contribution < -0.4 is 4.74 Å². The first-order chi connectivity index (χ1) is 12.5. The van der Waals surface area contributed by atoms with Crippen molar-refractivity contribution in [3.05, 3.63) is 65.7 Å². The summed E-state index contributed by atoms with van der Waals surface area (Å²) in [4.78, 5) is 14.3. The minimum Gasteiger partial charge on any atom is -0.484 e. The average molecular weight is 361 g/mol. The monoisotopic (exact) mass is 361 g/mol. The Hall–Kier alpha value is -2.47. The van der Waals surface area contributed by atoms with Gasteiger partial charge in [0.25, 0.3) is 5.91 Å². The molecule has 138 valence electrons. The van der Waals surface area contributed by atoms with Crippen molar-refractivity contribution in [2.24, 2.45) is 0 Å². The van der Waals surface area contributed by atoms with E-state index in [1.807, 2.05) is 6.92 Å². The molecule has 4 nitrogen and oxygen atoms in total. The van der Waals surface area contributed by atoms with Crippen molar-refractivity contribution in [3.8, 4) is 5.75 Å². The molecule has 1 aliphatic heterocycles. The fraction of sp³-hybridized carbons (Fsp3) is 0.350. The molecule has 0 radical (unpaired) electrons. The summed E-state index contributed by atoms with van der Waals surface area (Å²) in [5, 5.41) is 0. The van der Waals surface area contributed by atoms with Crippen molar-refractivity contribution >= 4 is 5.91 Å². The lowest BCUT2D eigenvalue weighted by Crippen LogP contribution is -2.52. The van der Waals surface area contributed by atoms with E-state index in [9.17, 15) is 13.6 Å². The van der Waals surface area contributed by atoms with Crippen molar-refractivity contribution in [2.45, 2.75) is 25.5 Å². The van der Waals surface area contributed by atoms with E-state index in [1.54, 1.807) is 17.0 Å². The van der Waals surface area contributed by atoms with Gasteiger partial charge < -0.3 is 14.4 Å². The Labute approximate surface area is 151 Å². The van der Waals surface area contributed by atoms with Crippen LogP contribution in [0.3, 0.4) is 0 Å². The summed E-state index contributed by atoms with van der Waals surface area (Å²) < 4.78 is 37.2. The van der Waals surface area contributed by atoms with Crippen molar-refractivity contribution in [1.29, 1.82) is 0 Å². The molecule has 2 aromatic rings. The zero-order valence-corrected chi connectivity index (χ0v) is 14.5. The Morgan fingerprint density at radius 2 is 1.73 bits per heavy atom. The van der Waals surface area contributed by atoms with Crippen molar-refractivity contribution < 1.29 is 23.0 Å². The van der Waals surface area contributed by atoms with E-state index in [1.165, 1.54) is 36.4 Å². The van der Waals surface area contributed by atoms with Gasteiger partial charge in [-0.2, -0.15) is 0 Å². The summed E-state index contributed by atoms with van der Waals surface area (Å²) in [7, 11) is 0. The standard InChI is InChI=1S/C20H21F2NO3/c1-14-12-25-19(10-15-2-4-16(21)5-3-15)11-23(14)20(24)13-26-18-8-6-17(22)7-9-18/h2-9,14,19H,10-13H2,1H3/t14-,19+/m0/s1. The van der Waals surface area contributed by atoms with E-state index in [4.69, 9.17) is 9.47 Å². The molecule has 0 aromatic heterocycles. The quantitative estimate of drug-likeness (QED) is 0.821. The fourth-order valence-electron chi connectivity index (χ4n) is 2.93. The zero-order valence-electron chi connectivity index (χ0n) is 14.5. The Kier molecular flexibility index (Phi) is 5.83. The van der Waals surface area contributed by atoms with Crippen LogP contribution in [0, 0.1) is 11.6 Å². The number of hydrogen-bond donors (Lipinski definition) is 0. The van der Waals surface area contributed by atoms with E-state index >= 15 is 0 Å². The molecule has 0 spiro atoms. The largest absolute Gasteiger partial charge is 0.484 e. The Morgan fingerprint density at radius 3 is 2.38 bits per heavy atom. The van der Waals surface area contributed by atoms with Crippen LogP contribution in [-0.4, -0.2) is 42.7 Å². The number of carbonyl (C=O) groups excluding carboxylic acids is 1. The first-order valence-corrected chi connectivity index (χ1v) is 8.55. The maximum absolute atomic E-state index is 13.0.